The molecule has 0 atom stereocenters. The lowest BCUT2D eigenvalue weighted by Gasteiger charge is -2.04. The summed E-state index contributed by atoms with van der Waals surface area (Å²) in [5.41, 5.74) is 2.21. The molecule has 0 aliphatic heterocycles. The molecule has 0 saturated heterocycles. The van der Waals surface area contributed by atoms with Crippen molar-refractivity contribution in [3.05, 3.63) is 99.8 Å². The van der Waals surface area contributed by atoms with Crippen molar-refractivity contribution in [2.24, 2.45) is 0 Å². The predicted octanol–water partition coefficient (Wildman–Crippen LogP) is 6.05. The van der Waals surface area contributed by atoms with Gasteiger partial charge in [-0.2, -0.15) is 5.26 Å². The average Bonchev–Trinajstić information content (AvgIpc) is 3.28. The number of fused-ring (bicyclic) bond motifs is 2. The maximum Gasteiger partial charge on any atom is 0.345 e. The molecule has 31 heavy (non-hydrogen) atoms. The summed E-state index contributed by atoms with van der Waals surface area (Å²) < 4.78 is 5.40. The molecule has 0 radical (unpaired) electrons. The molecule has 0 spiro atoms. The van der Waals surface area contributed by atoms with Gasteiger partial charge in [-0.15, -0.1) is 11.3 Å². The van der Waals surface area contributed by atoms with Gasteiger partial charge in [-0.05, 0) is 35.0 Å². The summed E-state index contributed by atoms with van der Waals surface area (Å²) in [6, 6.07) is 25.4. The van der Waals surface area contributed by atoms with Crippen molar-refractivity contribution in [1.82, 2.24) is 4.98 Å². The second-order valence-corrected chi connectivity index (χ2v) is 7.76. The Bertz CT molecular complexity index is 1560. The van der Waals surface area contributed by atoms with Crippen LogP contribution in [0.1, 0.15) is 5.01 Å². The molecule has 0 aliphatic rings. The lowest BCUT2D eigenvalue weighted by molar-refractivity contribution is 0.563. The number of anilines is 1. The number of hydrogen-bond acceptors (Lipinski definition) is 6. The van der Waals surface area contributed by atoms with Crippen LogP contribution in [0.5, 0.6) is 0 Å². The fraction of sp³-hybridized carbons (Fsp3) is 0. The van der Waals surface area contributed by atoms with E-state index in [1.807, 2.05) is 54.6 Å². The van der Waals surface area contributed by atoms with E-state index in [0.29, 0.717) is 27.4 Å². The van der Waals surface area contributed by atoms with Crippen LogP contribution in [0, 0.1) is 11.3 Å². The molecule has 1 N–H and O–H groups in total. The fourth-order valence-corrected chi connectivity index (χ4v) is 4.12. The summed E-state index contributed by atoms with van der Waals surface area (Å²) in [6.07, 6.45) is 1.63. The molecule has 2 heterocycles. The lowest BCUT2D eigenvalue weighted by Crippen LogP contribution is -2.02. The first-order chi connectivity index (χ1) is 15.2. The quantitative estimate of drug-likeness (QED) is 0.282. The second kappa shape index (κ2) is 7.90. The van der Waals surface area contributed by atoms with Crippen molar-refractivity contribution in [1.29, 1.82) is 5.26 Å². The van der Waals surface area contributed by atoms with E-state index in [0.717, 1.165) is 21.8 Å². The van der Waals surface area contributed by atoms with Crippen LogP contribution in [0.25, 0.3) is 38.6 Å². The number of nitrogens with zero attached hydrogens (tertiary/aromatic N) is 2. The molecule has 0 aliphatic carbocycles. The highest BCUT2D eigenvalue weighted by Crippen LogP contribution is 2.27. The number of hydrogen-bond donors (Lipinski definition) is 1. The monoisotopic (exact) mass is 421 g/mol. The van der Waals surface area contributed by atoms with Crippen molar-refractivity contribution in [2.45, 2.75) is 0 Å². The van der Waals surface area contributed by atoms with Crippen molar-refractivity contribution in [3.63, 3.8) is 0 Å². The lowest BCUT2D eigenvalue weighted by atomic mass is 10.1. The number of thiazole rings is 1. The number of para-hydroxylation sites is 1. The highest BCUT2D eigenvalue weighted by molar-refractivity contribution is 7.11. The third kappa shape index (κ3) is 3.70. The Hall–Kier alpha value is -4.21. The SMILES string of the molecule is N#C/C(=C\Nc1ccc2ccccc2c1)c1nc(-c2cc3ccccc3oc2=O)cs1. The summed E-state index contributed by atoms with van der Waals surface area (Å²) in [6.45, 7) is 0. The first-order valence-corrected chi connectivity index (χ1v) is 10.4. The molecule has 0 saturated carbocycles. The fourth-order valence-electron chi connectivity index (χ4n) is 3.34. The summed E-state index contributed by atoms with van der Waals surface area (Å²) >= 11 is 1.31. The molecular weight excluding hydrogens is 406 g/mol. The summed E-state index contributed by atoms with van der Waals surface area (Å²) in [5, 5.41) is 18.2. The van der Waals surface area contributed by atoms with Gasteiger partial charge in [-0.25, -0.2) is 9.78 Å². The maximum absolute atomic E-state index is 12.4. The van der Waals surface area contributed by atoms with Crippen molar-refractivity contribution < 1.29 is 4.42 Å². The van der Waals surface area contributed by atoms with E-state index in [1.165, 1.54) is 11.3 Å². The third-order valence-corrected chi connectivity index (χ3v) is 5.78. The second-order valence-electron chi connectivity index (χ2n) is 6.90. The van der Waals surface area contributed by atoms with Gasteiger partial charge in [0.25, 0.3) is 0 Å². The number of allylic oxidation sites excluding steroid dienone is 1. The van der Waals surface area contributed by atoms with Crippen LogP contribution in [0.15, 0.2) is 93.6 Å². The number of rotatable bonds is 4. The summed E-state index contributed by atoms with van der Waals surface area (Å²) in [5.74, 6) is 0. The van der Waals surface area contributed by atoms with E-state index in [1.54, 1.807) is 23.7 Å². The van der Waals surface area contributed by atoms with E-state index in [4.69, 9.17) is 4.42 Å². The van der Waals surface area contributed by atoms with Gasteiger partial charge in [0.05, 0.1) is 11.3 Å². The zero-order valence-electron chi connectivity index (χ0n) is 16.2. The van der Waals surface area contributed by atoms with Gasteiger partial charge in [0.1, 0.15) is 22.2 Å². The number of aromatic nitrogens is 1. The molecular formula is C25H15N3O2S. The van der Waals surface area contributed by atoms with Gasteiger partial charge in [0, 0.05) is 22.7 Å². The molecule has 0 unspecified atom stereocenters. The molecule has 5 rings (SSSR count). The summed E-state index contributed by atoms with van der Waals surface area (Å²) in [7, 11) is 0. The minimum Gasteiger partial charge on any atom is -0.422 e. The molecule has 5 nitrogen and oxygen atoms in total. The molecule has 6 heteroatoms. The summed E-state index contributed by atoms with van der Waals surface area (Å²) in [4.78, 5) is 16.9. The smallest absolute Gasteiger partial charge is 0.345 e. The molecule has 0 fully saturated rings. The molecule has 5 aromatic rings. The predicted molar refractivity (Wildman–Crippen MR) is 125 cm³/mol. The van der Waals surface area contributed by atoms with Gasteiger partial charge in [-0.1, -0.05) is 48.5 Å². The topological polar surface area (TPSA) is 78.9 Å². The standard InChI is InChI=1S/C25H15N3O2S/c26-13-19(14-27-20-10-9-16-5-1-2-6-17(16)11-20)24-28-22(15-31-24)21-12-18-7-3-4-8-23(18)30-25(21)29/h1-12,14-15,27H/b19-14+. The van der Waals surface area contributed by atoms with E-state index in [-0.39, 0.29) is 0 Å². The van der Waals surface area contributed by atoms with Crippen LogP contribution >= 0.6 is 11.3 Å². The normalized spacial score (nSPS) is 11.5. The van der Waals surface area contributed by atoms with E-state index < -0.39 is 5.63 Å². The van der Waals surface area contributed by atoms with Gasteiger partial charge in [0.15, 0.2) is 0 Å². The highest BCUT2D eigenvalue weighted by atomic mass is 32.1. The van der Waals surface area contributed by atoms with Crippen LogP contribution in [-0.4, -0.2) is 4.98 Å². The van der Waals surface area contributed by atoms with Crippen molar-refractivity contribution in [3.8, 4) is 17.3 Å². The van der Waals surface area contributed by atoms with Crippen molar-refractivity contribution >= 4 is 44.3 Å². The number of benzene rings is 3. The van der Waals surface area contributed by atoms with Crippen LogP contribution in [0.3, 0.4) is 0 Å². The van der Waals surface area contributed by atoms with Crippen LogP contribution in [-0.2, 0) is 0 Å². The first kappa shape index (κ1) is 18.8. The number of nitrogens with one attached hydrogen (secondary N) is 1. The first-order valence-electron chi connectivity index (χ1n) is 9.56. The average molecular weight is 421 g/mol. The van der Waals surface area contributed by atoms with Gasteiger partial charge < -0.3 is 9.73 Å². The Balaban J connectivity index is 1.45. The maximum atomic E-state index is 12.4. The third-order valence-electron chi connectivity index (χ3n) is 4.91. The molecule has 0 amide bonds. The largest absolute Gasteiger partial charge is 0.422 e. The number of nitriles is 1. The zero-order chi connectivity index (χ0) is 21.2. The van der Waals surface area contributed by atoms with Crippen LogP contribution in [0.2, 0.25) is 0 Å². The Morgan fingerprint density at radius 3 is 2.61 bits per heavy atom. The Morgan fingerprint density at radius 2 is 1.77 bits per heavy atom. The zero-order valence-corrected chi connectivity index (χ0v) is 17.0. The van der Waals surface area contributed by atoms with Gasteiger partial charge in [-0.3, -0.25) is 0 Å². The molecule has 148 valence electrons. The molecule has 3 aromatic carbocycles. The Morgan fingerprint density at radius 1 is 1.00 bits per heavy atom. The Kier molecular flexibility index (Phi) is 4.79. The molecule has 2 aromatic heterocycles. The molecule has 0 bridgehead atoms. The van der Waals surface area contributed by atoms with Gasteiger partial charge in [0.2, 0.25) is 0 Å². The van der Waals surface area contributed by atoms with Gasteiger partial charge >= 0.3 is 5.63 Å². The Labute approximate surface area is 181 Å². The van der Waals surface area contributed by atoms with E-state index in [9.17, 15) is 10.1 Å². The van der Waals surface area contributed by atoms with E-state index >= 15 is 0 Å². The minimum atomic E-state index is -0.452. The minimum absolute atomic E-state index is 0.376. The van der Waals surface area contributed by atoms with E-state index in [2.05, 4.69) is 22.4 Å². The van der Waals surface area contributed by atoms with Crippen LogP contribution < -0.4 is 10.9 Å². The van der Waals surface area contributed by atoms with Crippen molar-refractivity contribution in [2.75, 3.05) is 5.32 Å². The highest BCUT2D eigenvalue weighted by Gasteiger charge is 2.13. The van der Waals surface area contributed by atoms with Crippen LogP contribution in [0.4, 0.5) is 5.69 Å².